The molecule has 6 heteroatoms. The van der Waals surface area contributed by atoms with Crippen LogP contribution in [0.1, 0.15) is 44.1 Å². The van der Waals surface area contributed by atoms with Crippen LogP contribution in [-0.2, 0) is 6.54 Å². The Morgan fingerprint density at radius 3 is 2.43 bits per heavy atom. The Morgan fingerprint density at radius 2 is 1.91 bits per heavy atom. The summed E-state index contributed by atoms with van der Waals surface area (Å²) in [6, 6.07) is 1.97. The fourth-order valence-electron chi connectivity index (χ4n) is 3.22. The van der Waals surface area contributed by atoms with E-state index in [4.69, 9.17) is 4.42 Å². The zero-order valence-corrected chi connectivity index (χ0v) is 16.9. The van der Waals surface area contributed by atoms with Crippen LogP contribution >= 0.6 is 24.0 Å². The molecular formula is C17H31IN4O. The predicted octanol–water partition coefficient (Wildman–Crippen LogP) is 3.22. The zero-order chi connectivity index (χ0) is 15.8. The Morgan fingerprint density at radius 1 is 1.22 bits per heavy atom. The molecule has 2 rings (SSSR count). The highest BCUT2D eigenvalue weighted by molar-refractivity contribution is 14.0. The molecule has 0 bridgehead atoms. The van der Waals surface area contributed by atoms with Gasteiger partial charge in [0.15, 0.2) is 5.96 Å². The van der Waals surface area contributed by atoms with Crippen LogP contribution in [0.15, 0.2) is 28.0 Å². The van der Waals surface area contributed by atoms with Gasteiger partial charge in [0.25, 0.3) is 0 Å². The number of likely N-dealkylation sites (N-methyl/N-ethyl adjacent to an activating group) is 1. The largest absolute Gasteiger partial charge is 0.472 e. The summed E-state index contributed by atoms with van der Waals surface area (Å²) < 4.78 is 5.09. The summed E-state index contributed by atoms with van der Waals surface area (Å²) in [5.41, 5.74) is 1.36. The first-order chi connectivity index (χ1) is 10.7. The smallest absolute Gasteiger partial charge is 0.191 e. The van der Waals surface area contributed by atoms with Gasteiger partial charge in [0.05, 0.1) is 12.5 Å². The van der Waals surface area contributed by atoms with Gasteiger partial charge in [-0.2, -0.15) is 0 Å². The van der Waals surface area contributed by atoms with Crippen molar-refractivity contribution in [3.8, 4) is 0 Å². The average Bonchev–Trinajstić information content (AvgIpc) is 2.91. The van der Waals surface area contributed by atoms with E-state index >= 15 is 0 Å². The van der Waals surface area contributed by atoms with Gasteiger partial charge in [-0.1, -0.05) is 25.7 Å². The molecule has 0 radical (unpaired) electrons. The first kappa shape index (κ1) is 20.3. The van der Waals surface area contributed by atoms with Gasteiger partial charge in [-0.25, -0.2) is 0 Å². The summed E-state index contributed by atoms with van der Waals surface area (Å²) in [4.78, 5) is 6.73. The first-order valence-corrected chi connectivity index (χ1v) is 8.29. The average molecular weight is 434 g/mol. The van der Waals surface area contributed by atoms with Crippen LogP contribution in [-0.4, -0.2) is 44.1 Å². The lowest BCUT2D eigenvalue weighted by Gasteiger charge is -2.40. The molecule has 0 aromatic carbocycles. The lowest BCUT2D eigenvalue weighted by molar-refractivity contribution is 0.132. The summed E-state index contributed by atoms with van der Waals surface area (Å²) in [6.45, 7) is 1.66. The number of nitrogens with zero attached hydrogens (tertiary/aromatic N) is 2. The Kier molecular flexibility index (Phi) is 8.98. The molecule has 1 saturated carbocycles. The molecular weight excluding hydrogens is 403 g/mol. The SMILES string of the molecule is CN=C(NCc1ccoc1)NCC1(N(C)C)CCCCCC1.I. The molecule has 1 heterocycles. The lowest BCUT2D eigenvalue weighted by Crippen LogP contribution is -2.54. The maximum atomic E-state index is 5.09. The zero-order valence-electron chi connectivity index (χ0n) is 14.6. The van der Waals surface area contributed by atoms with Crippen LogP contribution in [0.2, 0.25) is 0 Å². The van der Waals surface area contributed by atoms with Crippen LogP contribution in [0.5, 0.6) is 0 Å². The van der Waals surface area contributed by atoms with Gasteiger partial charge in [0, 0.05) is 31.2 Å². The monoisotopic (exact) mass is 434 g/mol. The minimum atomic E-state index is 0. The van der Waals surface area contributed by atoms with E-state index in [1.165, 1.54) is 38.5 Å². The van der Waals surface area contributed by atoms with Crippen LogP contribution in [0.4, 0.5) is 0 Å². The number of nitrogens with one attached hydrogen (secondary N) is 2. The van der Waals surface area contributed by atoms with Crippen LogP contribution < -0.4 is 10.6 Å². The fraction of sp³-hybridized carbons (Fsp3) is 0.706. The third kappa shape index (κ3) is 5.99. The Bertz CT molecular complexity index is 451. The van der Waals surface area contributed by atoms with Crippen molar-refractivity contribution in [2.75, 3.05) is 27.7 Å². The first-order valence-electron chi connectivity index (χ1n) is 8.29. The number of hydrogen-bond acceptors (Lipinski definition) is 3. The van der Waals surface area contributed by atoms with Gasteiger partial charge in [-0.15, -0.1) is 24.0 Å². The molecule has 0 saturated heterocycles. The quantitative estimate of drug-likeness (QED) is 0.324. The third-order valence-electron chi connectivity index (χ3n) is 4.83. The molecule has 1 aromatic heterocycles. The van der Waals surface area contributed by atoms with Crippen LogP contribution in [0.25, 0.3) is 0 Å². The van der Waals surface area contributed by atoms with E-state index in [2.05, 4.69) is 34.6 Å². The highest BCUT2D eigenvalue weighted by Gasteiger charge is 2.33. The molecule has 0 aliphatic heterocycles. The van der Waals surface area contributed by atoms with Crippen molar-refractivity contribution in [1.29, 1.82) is 0 Å². The van der Waals surface area contributed by atoms with Crippen molar-refractivity contribution in [1.82, 2.24) is 15.5 Å². The standard InChI is InChI=1S/C17H30N4O.HI/c1-18-16(19-12-15-8-11-22-13-15)20-14-17(21(2)3)9-6-4-5-7-10-17;/h8,11,13H,4-7,9-10,12,14H2,1-3H3,(H2,18,19,20);1H. The third-order valence-corrected chi connectivity index (χ3v) is 4.83. The lowest BCUT2D eigenvalue weighted by atomic mass is 9.89. The summed E-state index contributed by atoms with van der Waals surface area (Å²) >= 11 is 0. The fourth-order valence-corrected chi connectivity index (χ4v) is 3.22. The van der Waals surface area contributed by atoms with Crippen molar-refractivity contribution in [3.63, 3.8) is 0 Å². The second-order valence-corrected chi connectivity index (χ2v) is 6.44. The predicted molar refractivity (Wildman–Crippen MR) is 106 cm³/mol. The van der Waals surface area contributed by atoms with Gasteiger partial charge in [-0.3, -0.25) is 4.99 Å². The molecule has 2 N–H and O–H groups in total. The second kappa shape index (κ2) is 10.2. The molecule has 1 aliphatic rings. The van der Waals surface area contributed by atoms with Gasteiger partial charge < -0.3 is 20.0 Å². The van der Waals surface area contributed by atoms with Gasteiger partial charge in [0.2, 0.25) is 0 Å². The normalized spacial score (nSPS) is 18.2. The molecule has 132 valence electrons. The number of furan rings is 1. The molecule has 1 aliphatic carbocycles. The van der Waals surface area contributed by atoms with Gasteiger partial charge in [0.1, 0.15) is 0 Å². The van der Waals surface area contributed by atoms with E-state index in [0.29, 0.717) is 0 Å². The summed E-state index contributed by atoms with van der Waals surface area (Å²) in [6.07, 6.45) is 11.3. The molecule has 0 atom stereocenters. The molecule has 1 fully saturated rings. The summed E-state index contributed by atoms with van der Waals surface area (Å²) in [5.74, 6) is 0.853. The summed E-state index contributed by atoms with van der Waals surface area (Å²) in [5, 5.41) is 6.86. The van der Waals surface area contributed by atoms with E-state index in [0.717, 1.165) is 24.6 Å². The van der Waals surface area contributed by atoms with Gasteiger partial charge >= 0.3 is 0 Å². The highest BCUT2D eigenvalue weighted by Crippen LogP contribution is 2.30. The number of guanidine groups is 1. The molecule has 1 aromatic rings. The van der Waals surface area contributed by atoms with Crippen LogP contribution in [0.3, 0.4) is 0 Å². The highest BCUT2D eigenvalue weighted by atomic mass is 127. The van der Waals surface area contributed by atoms with Crippen molar-refractivity contribution in [2.45, 2.75) is 50.6 Å². The molecule has 0 spiro atoms. The molecule has 0 amide bonds. The van der Waals surface area contributed by atoms with Crippen molar-refractivity contribution >= 4 is 29.9 Å². The number of halogens is 1. The van der Waals surface area contributed by atoms with E-state index in [1.54, 1.807) is 12.5 Å². The van der Waals surface area contributed by atoms with Crippen molar-refractivity contribution in [3.05, 3.63) is 24.2 Å². The molecule has 5 nitrogen and oxygen atoms in total. The minimum absolute atomic E-state index is 0. The Hall–Kier alpha value is -0.760. The summed E-state index contributed by atoms with van der Waals surface area (Å²) in [7, 11) is 6.23. The van der Waals surface area contributed by atoms with E-state index in [-0.39, 0.29) is 29.5 Å². The number of hydrogen-bond donors (Lipinski definition) is 2. The molecule has 23 heavy (non-hydrogen) atoms. The van der Waals surface area contributed by atoms with E-state index < -0.39 is 0 Å². The van der Waals surface area contributed by atoms with Crippen molar-refractivity contribution < 1.29 is 4.42 Å². The minimum Gasteiger partial charge on any atom is -0.472 e. The Balaban J connectivity index is 0.00000264. The number of aliphatic imine (C=N–C) groups is 1. The maximum absolute atomic E-state index is 5.09. The Labute approximate surface area is 157 Å². The van der Waals surface area contributed by atoms with Gasteiger partial charge in [-0.05, 0) is 33.0 Å². The van der Waals surface area contributed by atoms with E-state index in [9.17, 15) is 0 Å². The maximum Gasteiger partial charge on any atom is 0.191 e. The number of rotatable bonds is 5. The van der Waals surface area contributed by atoms with E-state index in [1.807, 2.05) is 13.1 Å². The molecule has 0 unspecified atom stereocenters. The topological polar surface area (TPSA) is 52.8 Å². The van der Waals surface area contributed by atoms with Crippen molar-refractivity contribution in [2.24, 2.45) is 4.99 Å². The second-order valence-electron chi connectivity index (χ2n) is 6.44. The van der Waals surface area contributed by atoms with Crippen LogP contribution in [0, 0.1) is 0 Å².